The van der Waals surface area contributed by atoms with Gasteiger partial charge in [0.05, 0.1) is 19.2 Å². The molecule has 2 heterocycles. The van der Waals surface area contributed by atoms with Gasteiger partial charge in [-0.2, -0.15) is 0 Å². The van der Waals surface area contributed by atoms with Crippen LogP contribution in [-0.2, 0) is 4.74 Å². The van der Waals surface area contributed by atoms with E-state index in [9.17, 15) is 9.50 Å². The zero-order valence-corrected chi connectivity index (χ0v) is 18.6. The average molecular weight is 441 g/mol. The Bertz CT molecular complexity index is 686. The number of aliphatic imine (C=N–C) groups is 1. The second-order valence-corrected chi connectivity index (χ2v) is 8.65. The maximum absolute atomic E-state index is 14.7. The second kappa shape index (κ2) is 11.3. The molecular weight excluding hydrogens is 407 g/mol. The molecule has 2 atom stereocenters. The van der Waals surface area contributed by atoms with E-state index >= 15 is 0 Å². The van der Waals surface area contributed by atoms with Crippen molar-refractivity contribution in [2.45, 2.75) is 38.6 Å². The summed E-state index contributed by atoms with van der Waals surface area (Å²) in [5.74, 6) is 0.423. The number of hydrogen-bond acceptors (Lipinski definition) is 4. The predicted molar refractivity (Wildman–Crippen MR) is 119 cm³/mol. The summed E-state index contributed by atoms with van der Waals surface area (Å²) in [4.78, 5) is 7.07. The molecule has 2 aliphatic heterocycles. The lowest BCUT2D eigenvalue weighted by Crippen LogP contribution is -2.43. The minimum Gasteiger partial charge on any atom is -0.396 e. The standard InChI is InChI=1S/C22H34ClFN4O2/c1-2-25-21(27-15-22(8-12-29)9-13-30-16-22)26-14-19(28-10-3-4-11-28)20-17(23)6-5-7-18(20)24/h5-7,19,29H,2-4,8-16H2,1H3,(H2,25,26,27). The highest BCUT2D eigenvalue weighted by molar-refractivity contribution is 6.31. The second-order valence-electron chi connectivity index (χ2n) is 8.25. The number of halogens is 2. The monoisotopic (exact) mass is 440 g/mol. The number of benzene rings is 1. The van der Waals surface area contributed by atoms with Crippen LogP contribution in [0.4, 0.5) is 4.39 Å². The Balaban J connectivity index is 1.74. The van der Waals surface area contributed by atoms with E-state index in [0.717, 1.165) is 38.9 Å². The summed E-state index contributed by atoms with van der Waals surface area (Å²) in [7, 11) is 0. The Morgan fingerprint density at radius 3 is 2.80 bits per heavy atom. The van der Waals surface area contributed by atoms with E-state index in [4.69, 9.17) is 21.3 Å². The van der Waals surface area contributed by atoms with Crippen LogP contribution in [-0.4, -0.2) is 68.5 Å². The van der Waals surface area contributed by atoms with Crippen molar-refractivity contribution in [2.24, 2.45) is 10.4 Å². The number of guanidine groups is 1. The molecule has 1 aromatic carbocycles. The summed E-state index contributed by atoms with van der Waals surface area (Å²) < 4.78 is 20.3. The van der Waals surface area contributed by atoms with E-state index in [2.05, 4.69) is 15.5 Å². The van der Waals surface area contributed by atoms with Crippen LogP contribution in [0.15, 0.2) is 23.2 Å². The number of aliphatic hydroxyl groups excluding tert-OH is 1. The first-order valence-electron chi connectivity index (χ1n) is 11.0. The normalized spacial score (nSPS) is 23.7. The van der Waals surface area contributed by atoms with Gasteiger partial charge < -0.3 is 20.5 Å². The third-order valence-corrected chi connectivity index (χ3v) is 6.45. The van der Waals surface area contributed by atoms with Gasteiger partial charge in [-0.1, -0.05) is 17.7 Å². The number of hydrogen-bond donors (Lipinski definition) is 3. The molecule has 0 aliphatic carbocycles. The molecule has 0 radical (unpaired) electrons. The summed E-state index contributed by atoms with van der Waals surface area (Å²) in [5.41, 5.74) is 0.436. The van der Waals surface area contributed by atoms with Crippen molar-refractivity contribution < 1.29 is 14.2 Å². The molecule has 3 rings (SSSR count). The summed E-state index contributed by atoms with van der Waals surface area (Å²) in [5, 5.41) is 16.6. The fourth-order valence-corrected chi connectivity index (χ4v) is 4.65. The summed E-state index contributed by atoms with van der Waals surface area (Å²) >= 11 is 6.40. The average Bonchev–Trinajstić information content (AvgIpc) is 3.41. The fraction of sp³-hybridized carbons (Fsp3) is 0.682. The molecule has 6 nitrogen and oxygen atoms in total. The maximum Gasteiger partial charge on any atom is 0.191 e. The van der Waals surface area contributed by atoms with Gasteiger partial charge in [-0.15, -0.1) is 0 Å². The first-order chi connectivity index (χ1) is 14.6. The van der Waals surface area contributed by atoms with Crippen molar-refractivity contribution in [3.8, 4) is 0 Å². The van der Waals surface area contributed by atoms with Gasteiger partial charge in [-0.25, -0.2) is 4.39 Å². The van der Waals surface area contributed by atoms with Crippen LogP contribution < -0.4 is 10.6 Å². The van der Waals surface area contributed by atoms with Crippen molar-refractivity contribution in [1.82, 2.24) is 15.5 Å². The van der Waals surface area contributed by atoms with Crippen molar-refractivity contribution in [3.05, 3.63) is 34.6 Å². The Hall–Kier alpha value is -1.41. The molecule has 0 spiro atoms. The largest absolute Gasteiger partial charge is 0.396 e. The molecule has 168 valence electrons. The zero-order chi connectivity index (χ0) is 21.4. The van der Waals surface area contributed by atoms with Crippen molar-refractivity contribution in [1.29, 1.82) is 0 Å². The lowest BCUT2D eigenvalue weighted by atomic mass is 9.84. The summed E-state index contributed by atoms with van der Waals surface area (Å²) in [6, 6.07) is 4.71. The first kappa shape index (κ1) is 23.3. The molecule has 2 aliphatic rings. The quantitative estimate of drug-likeness (QED) is 0.407. The van der Waals surface area contributed by atoms with Crippen LogP contribution in [0.2, 0.25) is 5.02 Å². The molecule has 2 unspecified atom stereocenters. The lowest BCUT2D eigenvalue weighted by Gasteiger charge is -2.30. The molecule has 8 heteroatoms. The minimum absolute atomic E-state index is 0.111. The highest BCUT2D eigenvalue weighted by Gasteiger charge is 2.34. The fourth-order valence-electron chi connectivity index (χ4n) is 4.37. The highest BCUT2D eigenvalue weighted by atomic mass is 35.5. The van der Waals surface area contributed by atoms with Crippen LogP contribution in [0.3, 0.4) is 0 Å². The molecule has 30 heavy (non-hydrogen) atoms. The molecule has 0 amide bonds. The van der Waals surface area contributed by atoms with Gasteiger partial charge in [0.2, 0.25) is 0 Å². The molecule has 0 bridgehead atoms. The van der Waals surface area contributed by atoms with Gasteiger partial charge in [-0.3, -0.25) is 9.89 Å². The van der Waals surface area contributed by atoms with Gasteiger partial charge in [-0.05, 0) is 57.8 Å². The molecule has 2 saturated heterocycles. The molecule has 0 saturated carbocycles. The molecular formula is C22H34ClFN4O2. The van der Waals surface area contributed by atoms with Crippen LogP contribution in [0.5, 0.6) is 0 Å². The van der Waals surface area contributed by atoms with Crippen molar-refractivity contribution in [3.63, 3.8) is 0 Å². The van der Waals surface area contributed by atoms with Crippen LogP contribution >= 0.6 is 11.6 Å². The predicted octanol–water partition coefficient (Wildman–Crippen LogP) is 2.96. The van der Waals surface area contributed by atoms with Crippen molar-refractivity contribution in [2.75, 3.05) is 52.5 Å². The molecule has 0 aromatic heterocycles. The van der Waals surface area contributed by atoms with E-state index < -0.39 is 0 Å². The van der Waals surface area contributed by atoms with E-state index in [-0.39, 0.29) is 23.9 Å². The van der Waals surface area contributed by atoms with Crippen LogP contribution in [0.1, 0.15) is 44.2 Å². The third-order valence-electron chi connectivity index (χ3n) is 6.12. The van der Waals surface area contributed by atoms with Crippen molar-refractivity contribution >= 4 is 17.6 Å². The topological polar surface area (TPSA) is 69.1 Å². The molecule has 1 aromatic rings. The number of nitrogens with one attached hydrogen (secondary N) is 2. The van der Waals surface area contributed by atoms with Gasteiger partial charge in [0, 0.05) is 42.3 Å². The van der Waals surface area contributed by atoms with E-state index in [1.807, 2.05) is 6.92 Å². The lowest BCUT2D eigenvalue weighted by molar-refractivity contribution is 0.131. The summed E-state index contributed by atoms with van der Waals surface area (Å²) in [6.45, 7) is 7.16. The minimum atomic E-state index is -0.270. The number of likely N-dealkylation sites (tertiary alicyclic amines) is 1. The SMILES string of the molecule is CCNC(=NCC1(CCO)CCOC1)NCC(c1c(F)cccc1Cl)N1CCCC1. The highest BCUT2D eigenvalue weighted by Crippen LogP contribution is 2.33. The Kier molecular flexibility index (Phi) is 8.74. The van der Waals surface area contributed by atoms with E-state index in [0.29, 0.717) is 49.3 Å². The number of ether oxygens (including phenoxy) is 1. The van der Waals surface area contributed by atoms with E-state index in [1.165, 1.54) is 6.07 Å². The van der Waals surface area contributed by atoms with E-state index in [1.54, 1.807) is 12.1 Å². The number of rotatable bonds is 9. The van der Waals surface area contributed by atoms with Crippen LogP contribution in [0, 0.1) is 11.2 Å². The third kappa shape index (κ3) is 5.84. The van der Waals surface area contributed by atoms with Gasteiger partial charge in [0.25, 0.3) is 0 Å². The zero-order valence-electron chi connectivity index (χ0n) is 17.8. The Labute approximate surface area is 183 Å². The Morgan fingerprint density at radius 1 is 1.37 bits per heavy atom. The Morgan fingerprint density at radius 2 is 2.17 bits per heavy atom. The van der Waals surface area contributed by atoms with Crippen LogP contribution in [0.25, 0.3) is 0 Å². The van der Waals surface area contributed by atoms with Gasteiger partial charge >= 0.3 is 0 Å². The van der Waals surface area contributed by atoms with Gasteiger partial charge in [0.1, 0.15) is 5.82 Å². The molecule has 2 fully saturated rings. The van der Waals surface area contributed by atoms with Gasteiger partial charge in [0.15, 0.2) is 5.96 Å². The maximum atomic E-state index is 14.7. The number of nitrogens with zero attached hydrogens (tertiary/aromatic N) is 2. The first-order valence-corrected chi connectivity index (χ1v) is 11.3. The summed E-state index contributed by atoms with van der Waals surface area (Å²) in [6.07, 6.45) is 3.80. The molecule has 3 N–H and O–H groups in total. The smallest absolute Gasteiger partial charge is 0.191 e. The number of aliphatic hydroxyl groups is 1.